The van der Waals surface area contributed by atoms with Crippen molar-refractivity contribution in [2.45, 2.75) is 65.6 Å². The van der Waals surface area contributed by atoms with Gasteiger partial charge in [0, 0.05) is 74.9 Å². The summed E-state index contributed by atoms with van der Waals surface area (Å²) in [4.78, 5) is 39.1. The van der Waals surface area contributed by atoms with E-state index in [1.165, 1.54) is 0 Å². The molecule has 2 fully saturated rings. The van der Waals surface area contributed by atoms with Crippen LogP contribution in [0.1, 0.15) is 57.8 Å². The summed E-state index contributed by atoms with van der Waals surface area (Å²) in [5, 5.41) is 32.4. The molecule has 298 valence electrons. The molecule has 2 saturated heterocycles. The standard InChI is InChI=1S/C41H50F2N8O4S/c1-23(26-7-9-27(10-8-26)38-25(3)45-22-56-38)46-24(2)35-16-29(53)21-51(35)40(55)31(41(4,5)6)15-28(52)20-49-11-13-50(14-12-49)36-19-34(47-48-39(36)44)30-17-32(42)33(43)18-37(30)54/h7-10,17-19,22-23,29,31,35,46,53-54H,2,11-16,20-21H2,1,3-6H3,(H2,44,48)/t23-,29+,31+,35-/m0/s1. The quantitative estimate of drug-likeness (QED) is 0.139. The van der Waals surface area contributed by atoms with E-state index in [9.17, 15) is 28.6 Å². The highest BCUT2D eigenvalue weighted by Crippen LogP contribution is 2.36. The van der Waals surface area contributed by atoms with Crippen LogP contribution in [0, 0.1) is 29.9 Å². The van der Waals surface area contributed by atoms with Gasteiger partial charge in [0.15, 0.2) is 17.5 Å². The molecule has 4 heterocycles. The summed E-state index contributed by atoms with van der Waals surface area (Å²) in [5.41, 5.74) is 11.9. The highest BCUT2D eigenvalue weighted by atomic mass is 32.1. The second-order valence-corrected chi connectivity index (χ2v) is 16.7. The van der Waals surface area contributed by atoms with Crippen molar-refractivity contribution in [1.29, 1.82) is 0 Å². The number of nitrogens with two attached hydrogens (primary N) is 1. The number of phenolic OH excluding ortho intramolecular Hbond substituents is 1. The first kappa shape index (κ1) is 40.7. The number of thiazole rings is 1. The van der Waals surface area contributed by atoms with E-state index in [1.807, 2.05) is 49.9 Å². The summed E-state index contributed by atoms with van der Waals surface area (Å²) in [7, 11) is 0. The van der Waals surface area contributed by atoms with Gasteiger partial charge in [-0.25, -0.2) is 13.8 Å². The van der Waals surface area contributed by atoms with Gasteiger partial charge < -0.3 is 31.1 Å². The number of aliphatic hydroxyl groups is 1. The maximum Gasteiger partial charge on any atom is 0.227 e. The number of carbonyl (C=O) groups excluding carboxylic acids is 2. The van der Waals surface area contributed by atoms with Gasteiger partial charge >= 0.3 is 0 Å². The largest absolute Gasteiger partial charge is 0.507 e. The Labute approximate surface area is 330 Å². The predicted octanol–water partition coefficient (Wildman–Crippen LogP) is 5.71. The van der Waals surface area contributed by atoms with Crippen LogP contribution in [0.2, 0.25) is 0 Å². The first-order valence-electron chi connectivity index (χ1n) is 18.7. The Bertz CT molecular complexity index is 2080. The number of halogens is 2. The van der Waals surface area contributed by atoms with Gasteiger partial charge in [-0.15, -0.1) is 21.5 Å². The Morgan fingerprint density at radius 3 is 2.39 bits per heavy atom. The average Bonchev–Trinajstić information content (AvgIpc) is 3.77. The number of nitrogens with zero attached hydrogens (tertiary/aromatic N) is 6. The van der Waals surface area contributed by atoms with Gasteiger partial charge in [-0.1, -0.05) is 51.6 Å². The number of nitrogens with one attached hydrogen (secondary N) is 1. The molecule has 2 aliphatic heterocycles. The van der Waals surface area contributed by atoms with Crippen LogP contribution in [-0.4, -0.2) is 98.3 Å². The number of ketones is 1. The van der Waals surface area contributed by atoms with Gasteiger partial charge in [0.1, 0.15) is 11.5 Å². The molecule has 0 aliphatic carbocycles. The number of hydrogen-bond donors (Lipinski definition) is 4. The van der Waals surface area contributed by atoms with E-state index in [0.29, 0.717) is 50.1 Å². The molecule has 2 aliphatic rings. The van der Waals surface area contributed by atoms with E-state index >= 15 is 0 Å². The van der Waals surface area contributed by atoms with Crippen molar-refractivity contribution in [3.63, 3.8) is 0 Å². The normalized spacial score (nSPS) is 18.9. The molecule has 0 unspecified atom stereocenters. The van der Waals surface area contributed by atoms with E-state index in [1.54, 1.807) is 22.3 Å². The molecule has 1 amide bonds. The van der Waals surface area contributed by atoms with Gasteiger partial charge in [-0.3, -0.25) is 14.5 Å². The molecule has 5 N–H and O–H groups in total. The number of piperazine rings is 1. The predicted molar refractivity (Wildman–Crippen MR) is 214 cm³/mol. The molecule has 6 rings (SSSR count). The highest BCUT2D eigenvalue weighted by molar-refractivity contribution is 7.13. The smallest absolute Gasteiger partial charge is 0.227 e. The van der Waals surface area contributed by atoms with Crippen molar-refractivity contribution in [2.24, 2.45) is 11.3 Å². The van der Waals surface area contributed by atoms with Crippen LogP contribution in [0.15, 0.2) is 60.3 Å². The van der Waals surface area contributed by atoms with E-state index in [0.717, 1.165) is 27.8 Å². The number of β-amino-alcohol motifs (C(OH)–C–C–N with tert-alkyl or cyclic N) is 1. The molecule has 56 heavy (non-hydrogen) atoms. The number of hydrogen-bond acceptors (Lipinski definition) is 12. The monoisotopic (exact) mass is 788 g/mol. The lowest BCUT2D eigenvalue weighted by Crippen LogP contribution is -2.49. The number of aryl methyl sites for hydroxylation is 1. The Morgan fingerprint density at radius 2 is 1.75 bits per heavy atom. The average molecular weight is 789 g/mol. The lowest BCUT2D eigenvalue weighted by molar-refractivity contribution is -0.142. The summed E-state index contributed by atoms with van der Waals surface area (Å²) >= 11 is 1.61. The number of carbonyl (C=O) groups is 2. The molecule has 0 radical (unpaired) electrons. The second kappa shape index (κ2) is 16.6. The minimum Gasteiger partial charge on any atom is -0.507 e. The minimum absolute atomic E-state index is 0.0149. The highest BCUT2D eigenvalue weighted by Gasteiger charge is 2.43. The summed E-state index contributed by atoms with van der Waals surface area (Å²) in [6.45, 7) is 16.5. The first-order chi connectivity index (χ1) is 26.5. The van der Waals surface area contributed by atoms with Crippen LogP contribution >= 0.6 is 11.3 Å². The molecule has 0 spiro atoms. The molecule has 2 aromatic carbocycles. The molecule has 4 aromatic rings. The number of likely N-dealkylation sites (tertiary alicyclic amines) is 1. The molecule has 0 saturated carbocycles. The fourth-order valence-electron chi connectivity index (χ4n) is 7.52. The third-order valence-corrected chi connectivity index (χ3v) is 11.8. The fraction of sp³-hybridized carbons (Fsp3) is 0.439. The number of rotatable bonds is 12. The van der Waals surface area contributed by atoms with Crippen LogP contribution in [0.5, 0.6) is 5.75 Å². The lowest BCUT2D eigenvalue weighted by atomic mass is 9.76. The van der Waals surface area contributed by atoms with Crippen molar-refractivity contribution in [3.8, 4) is 27.4 Å². The summed E-state index contributed by atoms with van der Waals surface area (Å²) < 4.78 is 27.6. The van der Waals surface area contributed by atoms with Crippen molar-refractivity contribution >= 4 is 34.5 Å². The van der Waals surface area contributed by atoms with Gasteiger partial charge in [0.25, 0.3) is 0 Å². The van der Waals surface area contributed by atoms with Gasteiger partial charge in [0.05, 0.1) is 46.2 Å². The van der Waals surface area contributed by atoms with Crippen molar-refractivity contribution in [1.82, 2.24) is 30.3 Å². The Balaban J connectivity index is 1.06. The molecule has 15 heteroatoms. The topological polar surface area (TPSA) is 161 Å². The van der Waals surface area contributed by atoms with Crippen LogP contribution in [0.3, 0.4) is 0 Å². The maximum absolute atomic E-state index is 14.3. The van der Waals surface area contributed by atoms with Crippen molar-refractivity contribution in [3.05, 3.63) is 83.1 Å². The molecular weight excluding hydrogens is 739 g/mol. The number of aliphatic hydroxyl groups excluding tert-OH is 1. The summed E-state index contributed by atoms with van der Waals surface area (Å²) in [6, 6.07) is 10.9. The van der Waals surface area contributed by atoms with Gasteiger partial charge in [0.2, 0.25) is 5.91 Å². The number of aromatic nitrogens is 3. The molecule has 2 aromatic heterocycles. The molecule has 4 atom stereocenters. The minimum atomic E-state index is -1.18. The van der Waals surface area contributed by atoms with Gasteiger partial charge in [-0.2, -0.15) is 0 Å². The van der Waals surface area contributed by atoms with Crippen LogP contribution in [0.4, 0.5) is 20.3 Å². The zero-order valence-electron chi connectivity index (χ0n) is 32.4. The number of amides is 1. The van der Waals surface area contributed by atoms with Gasteiger partial charge in [-0.05, 0) is 42.5 Å². The van der Waals surface area contributed by atoms with E-state index in [2.05, 4.69) is 51.3 Å². The van der Waals surface area contributed by atoms with E-state index in [4.69, 9.17) is 5.73 Å². The van der Waals surface area contributed by atoms with E-state index in [-0.39, 0.29) is 54.3 Å². The lowest BCUT2D eigenvalue weighted by Gasteiger charge is -2.38. The maximum atomic E-state index is 14.3. The zero-order chi connectivity index (χ0) is 40.5. The Kier molecular flexibility index (Phi) is 12.1. The molecule has 0 bridgehead atoms. The number of Topliss-reactive ketones (excluding diaryl/α,β-unsaturated/α-hetero) is 1. The Morgan fingerprint density at radius 1 is 1.07 bits per heavy atom. The third-order valence-electron chi connectivity index (χ3n) is 10.8. The number of benzene rings is 2. The number of phenols is 1. The second-order valence-electron chi connectivity index (χ2n) is 15.9. The van der Waals surface area contributed by atoms with Crippen LogP contribution in [0.25, 0.3) is 21.7 Å². The molecular formula is C41H50F2N8O4S. The fourth-order valence-corrected chi connectivity index (χ4v) is 8.33. The van der Waals surface area contributed by atoms with Crippen LogP contribution < -0.4 is 16.0 Å². The Hall–Kier alpha value is -4.99. The number of aromatic hydroxyl groups is 1. The summed E-state index contributed by atoms with van der Waals surface area (Å²) in [5.74, 6) is -3.50. The SMILES string of the molecule is C=C(N[C@@H](C)c1ccc(-c2scnc2C)cc1)[C@@H]1C[C@@H](O)CN1C(=O)[C@@H](CC(=O)CN1CCN(c2cc(-c3cc(F)c(F)cc3O)nnc2N)CC1)C(C)(C)C. The summed E-state index contributed by atoms with van der Waals surface area (Å²) in [6.07, 6.45) is -0.314. The molecule has 12 nitrogen and oxygen atoms in total. The van der Waals surface area contributed by atoms with E-state index < -0.39 is 40.9 Å². The zero-order valence-corrected chi connectivity index (χ0v) is 33.2. The third kappa shape index (κ3) is 9.00. The van der Waals surface area contributed by atoms with Crippen molar-refractivity contribution < 1.29 is 28.6 Å². The number of anilines is 2. The van der Waals surface area contributed by atoms with Crippen LogP contribution in [-0.2, 0) is 9.59 Å². The number of nitrogen functional groups attached to an aromatic ring is 1. The van der Waals surface area contributed by atoms with Crippen molar-refractivity contribution in [2.75, 3.05) is 49.9 Å². The first-order valence-corrected chi connectivity index (χ1v) is 19.6.